The topological polar surface area (TPSA) is 63.6 Å². The van der Waals surface area contributed by atoms with Gasteiger partial charge in [-0.25, -0.2) is 9.97 Å². The van der Waals surface area contributed by atoms with Crippen molar-refractivity contribution in [3.05, 3.63) is 33.0 Å². The minimum atomic E-state index is -0.211. The van der Waals surface area contributed by atoms with Crippen LogP contribution >= 0.6 is 15.9 Å². The number of halogens is 1. The van der Waals surface area contributed by atoms with E-state index in [1.165, 1.54) is 0 Å². The van der Waals surface area contributed by atoms with E-state index in [2.05, 4.69) is 37.8 Å². The highest BCUT2D eigenvalue weighted by Gasteiger charge is 2.23. The van der Waals surface area contributed by atoms with Crippen molar-refractivity contribution in [3.8, 4) is 11.5 Å². The van der Waals surface area contributed by atoms with E-state index >= 15 is 0 Å². The third-order valence-electron chi connectivity index (χ3n) is 2.99. The number of nitrogens with one attached hydrogen (secondary N) is 1. The highest BCUT2D eigenvalue weighted by molar-refractivity contribution is 9.10. The molecule has 0 saturated heterocycles. The van der Waals surface area contributed by atoms with Gasteiger partial charge in [-0.2, -0.15) is 0 Å². The Labute approximate surface area is 126 Å². The van der Waals surface area contributed by atoms with E-state index in [0.717, 1.165) is 24.4 Å². The predicted molar refractivity (Wildman–Crippen MR) is 82.8 cm³/mol. The number of aryl methyl sites for hydroxylation is 1. The summed E-state index contributed by atoms with van der Waals surface area (Å²) in [5.41, 5.74) is 1.21. The molecule has 0 radical (unpaired) electrons. The molecule has 1 N–H and O–H groups in total. The predicted octanol–water partition coefficient (Wildman–Crippen LogP) is 3.10. The second-order valence-electron chi connectivity index (χ2n) is 5.80. The molecule has 0 spiro atoms. The van der Waals surface area contributed by atoms with Gasteiger partial charge in [0, 0.05) is 12.0 Å². The van der Waals surface area contributed by atoms with Gasteiger partial charge in [-0.15, -0.1) is 0 Å². The van der Waals surface area contributed by atoms with Crippen LogP contribution in [0.15, 0.2) is 21.8 Å². The molecule has 0 saturated carbocycles. The van der Waals surface area contributed by atoms with Gasteiger partial charge in [-0.3, -0.25) is 4.79 Å². The van der Waals surface area contributed by atoms with E-state index in [9.17, 15) is 4.79 Å². The van der Waals surface area contributed by atoms with Crippen LogP contribution in [0.4, 0.5) is 0 Å². The number of aromatic amines is 1. The number of aromatic nitrogens is 4. The van der Waals surface area contributed by atoms with Crippen LogP contribution in [0.2, 0.25) is 0 Å². The molecule has 6 heteroatoms. The van der Waals surface area contributed by atoms with Crippen molar-refractivity contribution < 1.29 is 0 Å². The summed E-state index contributed by atoms with van der Waals surface area (Å²) in [6.07, 6.45) is 4.49. The molecule has 0 bridgehead atoms. The Balaban J connectivity index is 2.61. The van der Waals surface area contributed by atoms with Gasteiger partial charge in [0.05, 0.1) is 18.2 Å². The molecular weight excluding hydrogens is 320 g/mol. The largest absolute Gasteiger partial charge is 0.328 e. The molecule has 2 rings (SSSR count). The molecular formula is C14H19BrN4O. The highest BCUT2D eigenvalue weighted by Crippen LogP contribution is 2.27. The zero-order valence-corrected chi connectivity index (χ0v) is 13.8. The van der Waals surface area contributed by atoms with Crippen molar-refractivity contribution in [2.75, 3.05) is 0 Å². The first kappa shape index (κ1) is 15.0. The Morgan fingerprint density at radius 1 is 1.40 bits per heavy atom. The molecule has 0 aliphatic heterocycles. The monoisotopic (exact) mass is 338 g/mol. The van der Waals surface area contributed by atoms with E-state index in [1.54, 1.807) is 12.5 Å². The first-order valence-electron chi connectivity index (χ1n) is 6.65. The third kappa shape index (κ3) is 2.85. The van der Waals surface area contributed by atoms with Crippen LogP contribution in [0.5, 0.6) is 0 Å². The molecule has 108 valence electrons. The Morgan fingerprint density at radius 2 is 2.10 bits per heavy atom. The Hall–Kier alpha value is -1.43. The lowest BCUT2D eigenvalue weighted by Crippen LogP contribution is -2.22. The fourth-order valence-corrected chi connectivity index (χ4v) is 2.80. The molecule has 2 heterocycles. The Kier molecular flexibility index (Phi) is 4.13. The van der Waals surface area contributed by atoms with Crippen LogP contribution in [0, 0.1) is 0 Å². The number of imidazole rings is 1. The SMILES string of the molecule is CCCn1cncc1-c1nc(C(C)(C)C)c(Br)c(=O)[nH]1. The van der Waals surface area contributed by atoms with E-state index in [4.69, 9.17) is 0 Å². The summed E-state index contributed by atoms with van der Waals surface area (Å²) in [5.74, 6) is 0.564. The first-order valence-corrected chi connectivity index (χ1v) is 7.44. The molecule has 20 heavy (non-hydrogen) atoms. The van der Waals surface area contributed by atoms with Gasteiger partial charge >= 0.3 is 0 Å². The van der Waals surface area contributed by atoms with Crippen molar-refractivity contribution in [3.63, 3.8) is 0 Å². The number of hydrogen-bond acceptors (Lipinski definition) is 3. The smallest absolute Gasteiger partial charge is 0.265 e. The quantitative estimate of drug-likeness (QED) is 0.935. The molecule has 0 aliphatic rings. The minimum Gasteiger partial charge on any atom is -0.328 e. The van der Waals surface area contributed by atoms with Crippen LogP contribution in [0.3, 0.4) is 0 Å². The van der Waals surface area contributed by atoms with Gasteiger partial charge < -0.3 is 9.55 Å². The maximum atomic E-state index is 12.1. The minimum absolute atomic E-state index is 0.163. The van der Waals surface area contributed by atoms with Crippen molar-refractivity contribution in [1.29, 1.82) is 0 Å². The number of rotatable bonds is 3. The Bertz CT molecular complexity index is 667. The fraction of sp³-hybridized carbons (Fsp3) is 0.500. The summed E-state index contributed by atoms with van der Waals surface area (Å²) in [7, 11) is 0. The average Bonchev–Trinajstić information content (AvgIpc) is 2.79. The second kappa shape index (κ2) is 5.52. The molecule has 0 fully saturated rings. The van der Waals surface area contributed by atoms with Gasteiger partial charge in [-0.1, -0.05) is 27.7 Å². The summed E-state index contributed by atoms with van der Waals surface area (Å²) < 4.78 is 2.49. The normalized spacial score (nSPS) is 11.8. The van der Waals surface area contributed by atoms with Gasteiger partial charge in [0.2, 0.25) is 0 Å². The molecule has 0 aromatic carbocycles. The van der Waals surface area contributed by atoms with Gasteiger partial charge in [0.25, 0.3) is 5.56 Å². The Morgan fingerprint density at radius 3 is 2.70 bits per heavy atom. The summed E-state index contributed by atoms with van der Waals surface area (Å²) in [6.45, 7) is 9.05. The van der Waals surface area contributed by atoms with E-state index < -0.39 is 0 Å². The highest BCUT2D eigenvalue weighted by atomic mass is 79.9. The van der Waals surface area contributed by atoms with Gasteiger partial charge in [-0.05, 0) is 22.4 Å². The van der Waals surface area contributed by atoms with Crippen molar-refractivity contribution >= 4 is 15.9 Å². The van der Waals surface area contributed by atoms with Crippen LogP contribution in [-0.4, -0.2) is 19.5 Å². The number of H-pyrrole nitrogens is 1. The van der Waals surface area contributed by atoms with Crippen molar-refractivity contribution in [2.24, 2.45) is 0 Å². The van der Waals surface area contributed by atoms with Crippen LogP contribution < -0.4 is 5.56 Å². The van der Waals surface area contributed by atoms with Crippen LogP contribution in [0.1, 0.15) is 39.8 Å². The molecule has 0 atom stereocenters. The first-order chi connectivity index (χ1) is 9.34. The molecule has 0 amide bonds. The lowest BCUT2D eigenvalue weighted by atomic mass is 9.92. The standard InChI is InChI=1S/C14H19BrN4O/c1-5-6-19-8-16-7-9(19)12-17-11(14(2,3)4)10(15)13(20)18-12/h7-8H,5-6H2,1-4H3,(H,17,18,20). The van der Waals surface area contributed by atoms with Crippen molar-refractivity contribution in [2.45, 2.75) is 46.1 Å². The molecule has 0 unspecified atom stereocenters. The molecule has 5 nitrogen and oxygen atoms in total. The third-order valence-corrected chi connectivity index (χ3v) is 3.73. The lowest BCUT2D eigenvalue weighted by molar-refractivity contribution is 0.561. The van der Waals surface area contributed by atoms with E-state index in [-0.39, 0.29) is 11.0 Å². The van der Waals surface area contributed by atoms with Crippen LogP contribution in [-0.2, 0) is 12.0 Å². The maximum Gasteiger partial charge on any atom is 0.265 e. The summed E-state index contributed by atoms with van der Waals surface area (Å²) >= 11 is 3.33. The molecule has 2 aromatic rings. The fourth-order valence-electron chi connectivity index (χ4n) is 2.01. The second-order valence-corrected chi connectivity index (χ2v) is 6.59. The zero-order chi connectivity index (χ0) is 14.9. The molecule has 2 aromatic heterocycles. The lowest BCUT2D eigenvalue weighted by Gasteiger charge is -2.19. The zero-order valence-electron chi connectivity index (χ0n) is 12.2. The van der Waals surface area contributed by atoms with Crippen LogP contribution in [0.25, 0.3) is 11.5 Å². The van der Waals surface area contributed by atoms with Crippen molar-refractivity contribution in [1.82, 2.24) is 19.5 Å². The number of nitrogens with zero attached hydrogens (tertiary/aromatic N) is 3. The summed E-state index contributed by atoms with van der Waals surface area (Å²) in [5, 5.41) is 0. The number of hydrogen-bond donors (Lipinski definition) is 1. The van der Waals surface area contributed by atoms with E-state index in [1.807, 2.05) is 25.3 Å². The summed E-state index contributed by atoms with van der Waals surface area (Å²) in [6, 6.07) is 0. The van der Waals surface area contributed by atoms with Gasteiger partial charge in [0.15, 0.2) is 5.82 Å². The maximum absolute atomic E-state index is 12.1. The summed E-state index contributed by atoms with van der Waals surface area (Å²) in [4.78, 5) is 23.7. The molecule has 0 aliphatic carbocycles. The van der Waals surface area contributed by atoms with E-state index in [0.29, 0.717) is 10.3 Å². The van der Waals surface area contributed by atoms with Gasteiger partial charge in [0.1, 0.15) is 10.2 Å². The average molecular weight is 339 g/mol.